The van der Waals surface area contributed by atoms with E-state index < -0.39 is 0 Å². The number of nitrogens with two attached hydrogens (primary N) is 1. The van der Waals surface area contributed by atoms with Gasteiger partial charge < -0.3 is 16.4 Å². The van der Waals surface area contributed by atoms with Gasteiger partial charge >= 0.3 is 0 Å². The van der Waals surface area contributed by atoms with E-state index in [1.165, 1.54) is 18.7 Å². The van der Waals surface area contributed by atoms with Gasteiger partial charge in [0.15, 0.2) is 5.82 Å². The first kappa shape index (κ1) is 19.6. The van der Waals surface area contributed by atoms with E-state index in [1.54, 1.807) is 30.3 Å². The number of aromatic amines is 1. The highest BCUT2D eigenvalue weighted by atomic mass is 32.2. The zero-order chi connectivity index (χ0) is 20.1. The maximum absolute atomic E-state index is 12.6. The Morgan fingerprint density at radius 1 is 1.14 bits per heavy atom. The number of thioether (sulfide) groups is 1. The predicted molar refractivity (Wildman–Crippen MR) is 110 cm³/mol. The molecule has 8 nitrogen and oxygen atoms in total. The van der Waals surface area contributed by atoms with E-state index >= 15 is 0 Å². The van der Waals surface area contributed by atoms with Gasteiger partial charge in [-0.2, -0.15) is 5.10 Å². The number of nitrogens with one attached hydrogen (secondary N) is 3. The molecule has 0 aliphatic carbocycles. The van der Waals surface area contributed by atoms with Crippen LogP contribution in [0.5, 0.6) is 0 Å². The molecule has 28 heavy (non-hydrogen) atoms. The van der Waals surface area contributed by atoms with Crippen LogP contribution in [-0.2, 0) is 11.3 Å². The van der Waals surface area contributed by atoms with Crippen LogP contribution in [0.15, 0.2) is 47.4 Å². The largest absolute Gasteiger partial charge is 0.325 e. The van der Waals surface area contributed by atoms with Crippen molar-refractivity contribution in [2.75, 3.05) is 16.9 Å². The maximum atomic E-state index is 12.6. The van der Waals surface area contributed by atoms with E-state index in [2.05, 4.69) is 25.8 Å². The van der Waals surface area contributed by atoms with Crippen LogP contribution in [0.4, 0.5) is 11.4 Å². The number of nitrogens with zero attached hydrogens (tertiary/aromatic N) is 2. The topological polar surface area (TPSA) is 126 Å². The number of carbonyl (C=O) groups excluding carboxylic acids is 2. The highest BCUT2D eigenvalue weighted by molar-refractivity contribution is 7.98. The number of benzene rings is 2. The first-order valence-electron chi connectivity index (χ1n) is 8.49. The molecule has 1 heterocycles. The molecule has 3 aromatic rings. The van der Waals surface area contributed by atoms with E-state index in [9.17, 15) is 9.59 Å². The Hall–Kier alpha value is -3.17. The van der Waals surface area contributed by atoms with Crippen molar-refractivity contribution >= 4 is 35.0 Å². The van der Waals surface area contributed by atoms with Crippen LogP contribution in [0.25, 0.3) is 11.4 Å². The molecular weight excluding hydrogens is 376 g/mol. The lowest BCUT2D eigenvalue weighted by Gasteiger charge is -2.11. The molecule has 0 bridgehead atoms. The Kier molecular flexibility index (Phi) is 6.07. The number of carbonyl (C=O) groups is 2. The molecule has 5 N–H and O–H groups in total. The Balaban J connectivity index is 1.73. The van der Waals surface area contributed by atoms with Gasteiger partial charge in [-0.05, 0) is 48.7 Å². The zero-order valence-electron chi connectivity index (χ0n) is 15.4. The number of H-pyrrole nitrogens is 1. The predicted octanol–water partition coefficient (Wildman–Crippen LogP) is 2.86. The van der Waals surface area contributed by atoms with Crippen LogP contribution >= 0.6 is 11.8 Å². The molecule has 0 aliphatic rings. The smallest absolute Gasteiger partial charge is 0.255 e. The third-order valence-corrected chi connectivity index (χ3v) is 4.68. The number of anilines is 2. The SMILES string of the molecule is CSc1cc(C(=O)Nc2ccc(-c3n[nH]c(CN)n3)cc2)ccc1NC(C)=O. The fraction of sp³-hybridized carbons (Fsp3) is 0.158. The summed E-state index contributed by atoms with van der Waals surface area (Å²) >= 11 is 1.46. The number of amides is 2. The van der Waals surface area contributed by atoms with E-state index in [0.29, 0.717) is 35.1 Å². The van der Waals surface area contributed by atoms with Crippen molar-refractivity contribution in [3.63, 3.8) is 0 Å². The monoisotopic (exact) mass is 396 g/mol. The second-order valence-corrected chi connectivity index (χ2v) is 6.79. The van der Waals surface area contributed by atoms with Gasteiger partial charge in [0.25, 0.3) is 5.91 Å². The minimum Gasteiger partial charge on any atom is -0.325 e. The highest BCUT2D eigenvalue weighted by Crippen LogP contribution is 2.27. The summed E-state index contributed by atoms with van der Waals surface area (Å²) in [5.74, 6) is 0.773. The highest BCUT2D eigenvalue weighted by Gasteiger charge is 2.11. The first-order valence-corrected chi connectivity index (χ1v) is 9.71. The summed E-state index contributed by atoms with van der Waals surface area (Å²) in [6.45, 7) is 1.74. The van der Waals surface area contributed by atoms with Gasteiger partial charge in [-0.15, -0.1) is 11.8 Å². The fourth-order valence-corrected chi connectivity index (χ4v) is 3.13. The quantitative estimate of drug-likeness (QED) is 0.475. The molecule has 0 atom stereocenters. The molecule has 2 amide bonds. The molecule has 0 radical (unpaired) electrons. The second kappa shape index (κ2) is 8.68. The van der Waals surface area contributed by atoms with Crippen molar-refractivity contribution in [2.24, 2.45) is 5.73 Å². The number of rotatable bonds is 6. The normalized spacial score (nSPS) is 10.5. The molecule has 2 aromatic carbocycles. The minimum absolute atomic E-state index is 0.155. The standard InChI is InChI=1S/C19H20N6O2S/c1-11(26)21-15-8-5-13(9-16(15)28-2)19(27)22-14-6-3-12(4-7-14)18-23-17(10-20)24-25-18/h3-9H,10,20H2,1-2H3,(H,21,26)(H,22,27)(H,23,24,25). The molecule has 9 heteroatoms. The van der Waals surface area contributed by atoms with Gasteiger partial charge in [0.05, 0.1) is 12.2 Å². The summed E-state index contributed by atoms with van der Waals surface area (Å²) in [6.07, 6.45) is 1.89. The van der Waals surface area contributed by atoms with Gasteiger partial charge in [0.1, 0.15) is 5.82 Å². The van der Waals surface area contributed by atoms with Crippen molar-refractivity contribution in [1.82, 2.24) is 15.2 Å². The molecule has 0 saturated heterocycles. The second-order valence-electron chi connectivity index (χ2n) is 5.94. The minimum atomic E-state index is -0.235. The van der Waals surface area contributed by atoms with Crippen molar-refractivity contribution in [3.8, 4) is 11.4 Å². The van der Waals surface area contributed by atoms with Crippen molar-refractivity contribution in [3.05, 3.63) is 53.9 Å². The molecule has 1 aromatic heterocycles. The molecule has 0 unspecified atom stereocenters. The first-order chi connectivity index (χ1) is 13.5. The van der Waals surface area contributed by atoms with Crippen molar-refractivity contribution in [2.45, 2.75) is 18.4 Å². The van der Waals surface area contributed by atoms with Gasteiger partial charge in [0.2, 0.25) is 5.91 Å². The molecule has 0 fully saturated rings. The molecule has 144 valence electrons. The molecule has 0 aliphatic heterocycles. The van der Waals surface area contributed by atoms with Crippen LogP contribution in [0.2, 0.25) is 0 Å². The van der Waals surface area contributed by atoms with Crippen LogP contribution in [0.1, 0.15) is 23.1 Å². The third-order valence-electron chi connectivity index (χ3n) is 3.90. The van der Waals surface area contributed by atoms with Crippen molar-refractivity contribution < 1.29 is 9.59 Å². The van der Waals surface area contributed by atoms with Gasteiger partial charge in [-0.3, -0.25) is 14.7 Å². The number of hydrogen-bond acceptors (Lipinski definition) is 6. The summed E-state index contributed by atoms with van der Waals surface area (Å²) in [4.78, 5) is 28.9. The lowest BCUT2D eigenvalue weighted by molar-refractivity contribution is -0.114. The summed E-state index contributed by atoms with van der Waals surface area (Å²) in [7, 11) is 0. The van der Waals surface area contributed by atoms with Crippen LogP contribution in [0, 0.1) is 0 Å². The molecular formula is C19H20N6O2S. The Morgan fingerprint density at radius 2 is 1.89 bits per heavy atom. The fourth-order valence-electron chi connectivity index (χ4n) is 2.55. The number of aromatic nitrogens is 3. The lowest BCUT2D eigenvalue weighted by atomic mass is 10.1. The van der Waals surface area contributed by atoms with E-state index in [-0.39, 0.29) is 11.8 Å². The van der Waals surface area contributed by atoms with E-state index in [0.717, 1.165) is 10.5 Å². The Morgan fingerprint density at radius 3 is 2.50 bits per heavy atom. The lowest BCUT2D eigenvalue weighted by Crippen LogP contribution is -2.13. The Labute approximate surface area is 166 Å². The third kappa shape index (κ3) is 4.56. The molecule has 0 spiro atoms. The van der Waals surface area contributed by atoms with Crippen LogP contribution in [-0.4, -0.2) is 33.3 Å². The maximum Gasteiger partial charge on any atom is 0.255 e. The van der Waals surface area contributed by atoms with Crippen LogP contribution < -0.4 is 16.4 Å². The average molecular weight is 396 g/mol. The summed E-state index contributed by atoms with van der Waals surface area (Å²) in [5, 5.41) is 12.5. The van der Waals surface area contributed by atoms with Crippen LogP contribution in [0.3, 0.4) is 0 Å². The average Bonchev–Trinajstić information content (AvgIpc) is 3.17. The van der Waals surface area contributed by atoms with E-state index in [1.807, 2.05) is 18.4 Å². The Bertz CT molecular complexity index is 1000. The van der Waals surface area contributed by atoms with Gasteiger partial charge in [0, 0.05) is 28.6 Å². The summed E-state index contributed by atoms with van der Waals surface area (Å²) in [6, 6.07) is 12.4. The summed E-state index contributed by atoms with van der Waals surface area (Å²) < 4.78 is 0. The zero-order valence-corrected chi connectivity index (χ0v) is 16.3. The molecule has 0 saturated carbocycles. The van der Waals surface area contributed by atoms with Gasteiger partial charge in [-0.1, -0.05) is 0 Å². The summed E-state index contributed by atoms with van der Waals surface area (Å²) in [5.41, 5.74) is 8.18. The molecule has 3 rings (SSSR count). The van der Waals surface area contributed by atoms with E-state index in [4.69, 9.17) is 5.73 Å². The van der Waals surface area contributed by atoms with Crippen molar-refractivity contribution in [1.29, 1.82) is 0 Å². The number of hydrogen-bond donors (Lipinski definition) is 4. The van der Waals surface area contributed by atoms with Gasteiger partial charge in [-0.25, -0.2) is 4.98 Å².